The fourth-order valence-electron chi connectivity index (χ4n) is 3.01. The van der Waals surface area contributed by atoms with Crippen molar-refractivity contribution in [1.29, 1.82) is 0 Å². The highest BCUT2D eigenvalue weighted by Gasteiger charge is 2.30. The summed E-state index contributed by atoms with van der Waals surface area (Å²) in [5, 5.41) is 3.27. The third-order valence-electron chi connectivity index (χ3n) is 4.42. The highest BCUT2D eigenvalue weighted by atomic mass is 19.1. The molecule has 2 rings (SSSR count). The molecule has 0 spiro atoms. The molecule has 0 saturated carbocycles. The minimum Gasteiger partial charge on any atom is -0.377 e. The van der Waals surface area contributed by atoms with E-state index in [4.69, 9.17) is 4.74 Å². The van der Waals surface area contributed by atoms with Crippen molar-refractivity contribution in [2.45, 2.75) is 37.8 Å². The van der Waals surface area contributed by atoms with Crippen LogP contribution in [0.1, 0.15) is 37.9 Å². The standard InChI is InChI=1S/C16H26FN3O/c1-16(21-3)8-4-9-20(12-16)10-7-14(18-2)15-6-5-13(17)11-19-15/h5-6,11,14,18H,4,7-10,12H2,1-3H3. The van der Waals surface area contributed by atoms with E-state index in [1.165, 1.54) is 18.7 Å². The normalized spacial score (nSPS) is 25.0. The zero-order chi connectivity index (χ0) is 15.3. The van der Waals surface area contributed by atoms with E-state index >= 15 is 0 Å². The second-order valence-electron chi connectivity index (χ2n) is 6.06. The predicted octanol–water partition coefficient (Wildman–Crippen LogP) is 2.37. The topological polar surface area (TPSA) is 37.4 Å². The van der Waals surface area contributed by atoms with Crippen LogP contribution in [0.25, 0.3) is 0 Å². The number of halogens is 1. The highest BCUT2D eigenvalue weighted by Crippen LogP contribution is 2.25. The number of rotatable bonds is 6. The quantitative estimate of drug-likeness (QED) is 0.874. The van der Waals surface area contributed by atoms with Crippen LogP contribution in [-0.2, 0) is 4.74 Å². The molecule has 0 amide bonds. The van der Waals surface area contributed by atoms with Crippen LogP contribution in [-0.4, -0.2) is 49.3 Å². The number of piperidine rings is 1. The number of pyridine rings is 1. The fourth-order valence-corrected chi connectivity index (χ4v) is 3.01. The molecule has 0 bridgehead atoms. The van der Waals surface area contributed by atoms with Gasteiger partial charge in [0.25, 0.3) is 0 Å². The highest BCUT2D eigenvalue weighted by molar-refractivity contribution is 5.09. The molecule has 118 valence electrons. The van der Waals surface area contributed by atoms with E-state index in [9.17, 15) is 4.39 Å². The van der Waals surface area contributed by atoms with Gasteiger partial charge in [0.05, 0.1) is 23.5 Å². The zero-order valence-electron chi connectivity index (χ0n) is 13.2. The van der Waals surface area contributed by atoms with Crippen molar-refractivity contribution in [2.75, 3.05) is 33.8 Å². The Bertz CT molecular complexity index is 440. The van der Waals surface area contributed by atoms with Crippen LogP contribution in [0.4, 0.5) is 4.39 Å². The Morgan fingerprint density at radius 3 is 2.95 bits per heavy atom. The Hall–Kier alpha value is -1.04. The first-order valence-electron chi connectivity index (χ1n) is 7.62. The molecule has 1 aromatic rings. The number of nitrogens with zero attached hydrogens (tertiary/aromatic N) is 2. The maximum Gasteiger partial charge on any atom is 0.141 e. The van der Waals surface area contributed by atoms with Gasteiger partial charge < -0.3 is 15.0 Å². The lowest BCUT2D eigenvalue weighted by Gasteiger charge is -2.39. The van der Waals surface area contributed by atoms with Crippen LogP contribution < -0.4 is 5.32 Å². The van der Waals surface area contributed by atoms with Crippen molar-refractivity contribution in [1.82, 2.24) is 15.2 Å². The van der Waals surface area contributed by atoms with E-state index in [-0.39, 0.29) is 17.5 Å². The molecule has 2 heterocycles. The zero-order valence-corrected chi connectivity index (χ0v) is 13.2. The third-order valence-corrected chi connectivity index (χ3v) is 4.42. The molecule has 2 atom stereocenters. The summed E-state index contributed by atoms with van der Waals surface area (Å²) in [4.78, 5) is 6.62. The molecule has 2 unspecified atom stereocenters. The number of likely N-dealkylation sites (tertiary alicyclic amines) is 1. The fraction of sp³-hybridized carbons (Fsp3) is 0.688. The van der Waals surface area contributed by atoms with Gasteiger partial charge in [0, 0.05) is 20.2 Å². The van der Waals surface area contributed by atoms with Crippen LogP contribution in [0.3, 0.4) is 0 Å². The number of ether oxygens (including phenoxy) is 1. The summed E-state index contributed by atoms with van der Waals surface area (Å²) >= 11 is 0. The van der Waals surface area contributed by atoms with Gasteiger partial charge in [0.15, 0.2) is 0 Å². The van der Waals surface area contributed by atoms with Crippen molar-refractivity contribution in [3.63, 3.8) is 0 Å². The minimum atomic E-state index is -0.291. The van der Waals surface area contributed by atoms with Crippen LogP contribution >= 0.6 is 0 Å². The summed E-state index contributed by atoms with van der Waals surface area (Å²) in [5.41, 5.74) is 0.868. The molecule has 1 aliphatic heterocycles. The van der Waals surface area contributed by atoms with Gasteiger partial charge in [-0.15, -0.1) is 0 Å². The van der Waals surface area contributed by atoms with E-state index in [1.807, 2.05) is 7.05 Å². The van der Waals surface area contributed by atoms with Gasteiger partial charge in [-0.05, 0) is 51.9 Å². The molecular weight excluding hydrogens is 269 g/mol. The summed E-state index contributed by atoms with van der Waals surface area (Å²) in [6.45, 7) is 5.25. The van der Waals surface area contributed by atoms with Gasteiger partial charge in [-0.3, -0.25) is 4.98 Å². The summed E-state index contributed by atoms with van der Waals surface area (Å²) in [7, 11) is 3.72. The second-order valence-corrected chi connectivity index (χ2v) is 6.06. The van der Waals surface area contributed by atoms with Crippen molar-refractivity contribution >= 4 is 0 Å². The molecule has 1 fully saturated rings. The van der Waals surface area contributed by atoms with Gasteiger partial charge in [0.1, 0.15) is 5.82 Å². The summed E-state index contributed by atoms with van der Waals surface area (Å²) < 4.78 is 18.6. The van der Waals surface area contributed by atoms with Gasteiger partial charge in [-0.1, -0.05) is 0 Å². The monoisotopic (exact) mass is 295 g/mol. The Balaban J connectivity index is 1.89. The smallest absolute Gasteiger partial charge is 0.141 e. The van der Waals surface area contributed by atoms with Gasteiger partial charge in [-0.25, -0.2) is 4.39 Å². The second kappa shape index (κ2) is 7.29. The first-order chi connectivity index (χ1) is 10.1. The van der Waals surface area contributed by atoms with Crippen molar-refractivity contribution < 1.29 is 9.13 Å². The molecule has 4 nitrogen and oxygen atoms in total. The van der Waals surface area contributed by atoms with Crippen LogP contribution in [0.2, 0.25) is 0 Å². The Morgan fingerprint density at radius 2 is 2.33 bits per heavy atom. The number of hydrogen-bond donors (Lipinski definition) is 1. The summed E-state index contributed by atoms with van der Waals surface area (Å²) in [6, 6.07) is 3.38. The molecule has 21 heavy (non-hydrogen) atoms. The molecule has 1 saturated heterocycles. The van der Waals surface area contributed by atoms with Crippen molar-refractivity contribution in [3.8, 4) is 0 Å². The Labute approximate surface area is 126 Å². The van der Waals surface area contributed by atoms with E-state index in [1.54, 1.807) is 13.2 Å². The van der Waals surface area contributed by atoms with E-state index in [0.717, 1.165) is 38.2 Å². The predicted molar refractivity (Wildman–Crippen MR) is 81.7 cm³/mol. The summed E-state index contributed by atoms with van der Waals surface area (Å²) in [5.74, 6) is -0.291. The molecular formula is C16H26FN3O. The number of aromatic nitrogens is 1. The molecule has 0 radical (unpaired) electrons. The molecule has 1 aromatic heterocycles. The summed E-state index contributed by atoms with van der Waals surface area (Å²) in [6.07, 6.45) is 4.52. The maximum absolute atomic E-state index is 13.0. The average molecular weight is 295 g/mol. The van der Waals surface area contributed by atoms with E-state index < -0.39 is 0 Å². The Morgan fingerprint density at radius 1 is 1.52 bits per heavy atom. The van der Waals surface area contributed by atoms with E-state index in [2.05, 4.69) is 22.1 Å². The molecule has 1 N–H and O–H groups in total. The van der Waals surface area contributed by atoms with Crippen LogP contribution in [0.15, 0.2) is 18.3 Å². The minimum absolute atomic E-state index is 0.0263. The largest absolute Gasteiger partial charge is 0.377 e. The van der Waals surface area contributed by atoms with Gasteiger partial charge in [0.2, 0.25) is 0 Å². The van der Waals surface area contributed by atoms with E-state index in [0.29, 0.717) is 0 Å². The number of hydrogen-bond acceptors (Lipinski definition) is 4. The SMILES string of the molecule is CNC(CCN1CCCC(C)(OC)C1)c1ccc(F)cn1. The van der Waals surface area contributed by atoms with Crippen LogP contribution in [0, 0.1) is 5.82 Å². The molecule has 0 aromatic carbocycles. The van der Waals surface area contributed by atoms with Crippen LogP contribution in [0.5, 0.6) is 0 Å². The number of methoxy groups -OCH3 is 1. The molecule has 1 aliphatic rings. The average Bonchev–Trinajstić information content (AvgIpc) is 2.50. The van der Waals surface area contributed by atoms with Crippen molar-refractivity contribution in [2.24, 2.45) is 0 Å². The first-order valence-corrected chi connectivity index (χ1v) is 7.62. The molecule has 5 heteroatoms. The lowest BCUT2D eigenvalue weighted by Crippen LogP contribution is -2.47. The number of nitrogens with one attached hydrogen (secondary N) is 1. The first kappa shape index (κ1) is 16.3. The van der Waals surface area contributed by atoms with Gasteiger partial charge >= 0.3 is 0 Å². The maximum atomic E-state index is 13.0. The lowest BCUT2D eigenvalue weighted by molar-refractivity contribution is -0.0512. The Kier molecular flexibility index (Phi) is 5.67. The molecule has 0 aliphatic carbocycles. The third kappa shape index (κ3) is 4.46. The lowest BCUT2D eigenvalue weighted by atomic mass is 9.94. The van der Waals surface area contributed by atoms with Gasteiger partial charge in [-0.2, -0.15) is 0 Å². The van der Waals surface area contributed by atoms with Crippen molar-refractivity contribution in [3.05, 3.63) is 29.8 Å².